The third-order valence-electron chi connectivity index (χ3n) is 4.82. The van der Waals surface area contributed by atoms with Crippen molar-refractivity contribution in [3.8, 4) is 0 Å². The highest BCUT2D eigenvalue weighted by atomic mass is 32.2. The van der Waals surface area contributed by atoms with E-state index in [4.69, 9.17) is 4.74 Å². The highest BCUT2D eigenvalue weighted by molar-refractivity contribution is 7.92. The van der Waals surface area contributed by atoms with Crippen molar-refractivity contribution in [1.29, 1.82) is 0 Å². The van der Waals surface area contributed by atoms with Crippen molar-refractivity contribution >= 4 is 27.7 Å². The molecule has 0 bridgehead atoms. The fraction of sp³-hybridized carbons (Fsp3) is 0.350. The third kappa shape index (κ3) is 4.54. The van der Waals surface area contributed by atoms with E-state index in [1.54, 1.807) is 34.9 Å². The molecule has 160 valence electrons. The second-order valence-corrected chi connectivity index (χ2v) is 8.63. The summed E-state index contributed by atoms with van der Waals surface area (Å²) in [6, 6.07) is 11.1. The van der Waals surface area contributed by atoms with Gasteiger partial charge in [0, 0.05) is 39.4 Å². The predicted octanol–water partition coefficient (Wildman–Crippen LogP) is 1.82. The number of piperazine rings is 1. The summed E-state index contributed by atoms with van der Waals surface area (Å²) in [6.45, 7) is 3.47. The van der Waals surface area contributed by atoms with E-state index in [-0.39, 0.29) is 16.5 Å². The van der Waals surface area contributed by atoms with Gasteiger partial charge in [0.25, 0.3) is 15.9 Å². The summed E-state index contributed by atoms with van der Waals surface area (Å²) in [5.41, 5.74) is 0.481. The lowest BCUT2D eigenvalue weighted by atomic mass is 10.2. The molecule has 2 heterocycles. The molecule has 0 saturated carbocycles. The van der Waals surface area contributed by atoms with Crippen LogP contribution in [0.4, 0.5) is 10.5 Å². The molecule has 1 aromatic carbocycles. The molecule has 1 aliphatic heterocycles. The second kappa shape index (κ2) is 9.12. The SMILES string of the molecule is CCOC(=O)N1CCN(C(=O)c2cc(N(C)S(=O)(=O)c3ccccc3)ccn2)CC1. The van der Waals surface area contributed by atoms with E-state index in [0.29, 0.717) is 38.5 Å². The summed E-state index contributed by atoms with van der Waals surface area (Å²) in [5, 5.41) is 0. The Bertz CT molecular complexity index is 1000. The van der Waals surface area contributed by atoms with Crippen LogP contribution >= 0.6 is 0 Å². The number of benzene rings is 1. The Kier molecular flexibility index (Phi) is 6.56. The zero-order valence-electron chi connectivity index (χ0n) is 16.9. The number of aromatic nitrogens is 1. The first-order valence-electron chi connectivity index (χ1n) is 9.55. The van der Waals surface area contributed by atoms with Gasteiger partial charge in [-0.25, -0.2) is 13.2 Å². The topological polar surface area (TPSA) is 100 Å². The third-order valence-corrected chi connectivity index (χ3v) is 6.62. The van der Waals surface area contributed by atoms with Crippen LogP contribution in [0, 0.1) is 0 Å². The second-order valence-electron chi connectivity index (χ2n) is 6.66. The Morgan fingerprint density at radius 1 is 1.07 bits per heavy atom. The van der Waals surface area contributed by atoms with Crippen molar-refractivity contribution in [2.45, 2.75) is 11.8 Å². The van der Waals surface area contributed by atoms with Gasteiger partial charge in [-0.2, -0.15) is 0 Å². The molecule has 0 spiro atoms. The van der Waals surface area contributed by atoms with Gasteiger partial charge in [0.2, 0.25) is 0 Å². The molecule has 10 heteroatoms. The minimum absolute atomic E-state index is 0.146. The van der Waals surface area contributed by atoms with Crippen LogP contribution in [0.5, 0.6) is 0 Å². The molecular formula is C20H24N4O5S. The lowest BCUT2D eigenvalue weighted by molar-refractivity contribution is 0.0566. The first kappa shape index (κ1) is 21.6. The predicted molar refractivity (Wildman–Crippen MR) is 111 cm³/mol. The molecule has 1 aliphatic rings. The number of amides is 2. The molecule has 0 aliphatic carbocycles. The fourth-order valence-electron chi connectivity index (χ4n) is 3.09. The van der Waals surface area contributed by atoms with Crippen molar-refractivity contribution in [1.82, 2.24) is 14.8 Å². The summed E-state index contributed by atoms with van der Waals surface area (Å²) < 4.78 is 31.8. The van der Waals surface area contributed by atoms with Crippen LogP contribution in [-0.2, 0) is 14.8 Å². The van der Waals surface area contributed by atoms with E-state index in [1.807, 2.05) is 0 Å². The van der Waals surface area contributed by atoms with Gasteiger partial charge in [-0.3, -0.25) is 14.1 Å². The number of carbonyl (C=O) groups is 2. The molecule has 1 aromatic heterocycles. The molecule has 2 aromatic rings. The van der Waals surface area contributed by atoms with Crippen LogP contribution in [0.15, 0.2) is 53.6 Å². The normalized spacial score (nSPS) is 14.3. The van der Waals surface area contributed by atoms with Gasteiger partial charge in [-0.05, 0) is 31.2 Å². The fourth-order valence-corrected chi connectivity index (χ4v) is 4.30. The zero-order valence-corrected chi connectivity index (χ0v) is 17.7. The van der Waals surface area contributed by atoms with Crippen molar-refractivity contribution in [3.63, 3.8) is 0 Å². The summed E-state index contributed by atoms with van der Waals surface area (Å²) in [5.74, 6) is -0.314. The van der Waals surface area contributed by atoms with Gasteiger partial charge in [0.15, 0.2) is 0 Å². The highest BCUT2D eigenvalue weighted by Gasteiger charge is 2.27. The Morgan fingerprint density at radius 2 is 1.70 bits per heavy atom. The quantitative estimate of drug-likeness (QED) is 0.715. The molecule has 0 unspecified atom stereocenters. The average Bonchev–Trinajstić information content (AvgIpc) is 2.79. The average molecular weight is 433 g/mol. The first-order chi connectivity index (χ1) is 14.3. The largest absolute Gasteiger partial charge is 0.450 e. The van der Waals surface area contributed by atoms with E-state index in [9.17, 15) is 18.0 Å². The number of hydrogen-bond acceptors (Lipinski definition) is 6. The van der Waals surface area contributed by atoms with Crippen LogP contribution in [0.3, 0.4) is 0 Å². The van der Waals surface area contributed by atoms with Gasteiger partial charge < -0.3 is 14.5 Å². The molecule has 3 rings (SSSR count). The van der Waals surface area contributed by atoms with E-state index >= 15 is 0 Å². The standard InChI is InChI=1S/C20H24N4O5S/c1-3-29-20(26)24-13-11-23(12-14-24)19(25)18-15-16(9-10-21-18)22(2)30(27,28)17-7-5-4-6-8-17/h4-10,15H,3,11-14H2,1-2H3. The van der Waals surface area contributed by atoms with Crippen molar-refractivity contribution < 1.29 is 22.7 Å². The van der Waals surface area contributed by atoms with E-state index in [2.05, 4.69) is 4.98 Å². The molecule has 9 nitrogen and oxygen atoms in total. The Balaban J connectivity index is 1.73. The minimum atomic E-state index is -3.76. The van der Waals surface area contributed by atoms with Crippen molar-refractivity contribution in [2.24, 2.45) is 0 Å². The highest BCUT2D eigenvalue weighted by Crippen LogP contribution is 2.22. The first-order valence-corrected chi connectivity index (χ1v) is 11.0. The molecule has 1 saturated heterocycles. The van der Waals surface area contributed by atoms with Crippen LogP contribution < -0.4 is 4.31 Å². The lowest BCUT2D eigenvalue weighted by Crippen LogP contribution is -2.50. The minimum Gasteiger partial charge on any atom is -0.450 e. The van der Waals surface area contributed by atoms with Gasteiger partial charge in [0.1, 0.15) is 5.69 Å². The number of ether oxygens (including phenoxy) is 1. The summed E-state index contributed by atoms with van der Waals surface area (Å²) >= 11 is 0. The van der Waals surface area contributed by atoms with E-state index in [1.165, 1.54) is 37.5 Å². The van der Waals surface area contributed by atoms with Gasteiger partial charge in [-0.1, -0.05) is 18.2 Å². The number of pyridine rings is 1. The molecule has 1 fully saturated rings. The lowest BCUT2D eigenvalue weighted by Gasteiger charge is -2.33. The number of nitrogens with zero attached hydrogens (tertiary/aromatic N) is 4. The Labute approximate surface area is 175 Å². The smallest absolute Gasteiger partial charge is 0.409 e. The summed E-state index contributed by atoms with van der Waals surface area (Å²) in [6.07, 6.45) is 1.02. The maximum absolute atomic E-state index is 12.9. The van der Waals surface area contributed by atoms with E-state index < -0.39 is 16.1 Å². The zero-order chi connectivity index (χ0) is 21.7. The van der Waals surface area contributed by atoms with Crippen LogP contribution in [0.25, 0.3) is 0 Å². The molecule has 0 N–H and O–H groups in total. The van der Waals surface area contributed by atoms with Crippen molar-refractivity contribution in [3.05, 3.63) is 54.4 Å². The molecule has 0 atom stereocenters. The van der Waals surface area contributed by atoms with Gasteiger partial charge in [0.05, 0.1) is 17.2 Å². The van der Waals surface area contributed by atoms with Crippen LogP contribution in [-0.4, -0.2) is 75.0 Å². The van der Waals surface area contributed by atoms with Gasteiger partial charge in [-0.15, -0.1) is 0 Å². The summed E-state index contributed by atoms with van der Waals surface area (Å²) in [7, 11) is -2.32. The molecule has 30 heavy (non-hydrogen) atoms. The van der Waals surface area contributed by atoms with Crippen molar-refractivity contribution in [2.75, 3.05) is 44.1 Å². The monoisotopic (exact) mass is 432 g/mol. The number of carbonyl (C=O) groups excluding carboxylic acids is 2. The van der Waals surface area contributed by atoms with E-state index in [0.717, 1.165) is 4.31 Å². The van der Waals surface area contributed by atoms with Crippen LogP contribution in [0.1, 0.15) is 17.4 Å². The molecular weight excluding hydrogens is 408 g/mol. The van der Waals surface area contributed by atoms with Gasteiger partial charge >= 0.3 is 6.09 Å². The Hall–Kier alpha value is -3.14. The Morgan fingerprint density at radius 3 is 2.33 bits per heavy atom. The summed E-state index contributed by atoms with van der Waals surface area (Å²) in [4.78, 5) is 32.1. The molecule has 2 amide bonds. The number of hydrogen-bond donors (Lipinski definition) is 0. The number of anilines is 1. The number of rotatable bonds is 5. The maximum Gasteiger partial charge on any atom is 0.409 e. The molecule has 0 radical (unpaired) electrons. The maximum atomic E-state index is 12.9. The number of sulfonamides is 1. The van der Waals surface area contributed by atoms with Crippen LogP contribution in [0.2, 0.25) is 0 Å².